The van der Waals surface area contributed by atoms with Crippen molar-refractivity contribution in [2.24, 2.45) is 11.8 Å². The molecule has 1 aliphatic carbocycles. The zero-order chi connectivity index (χ0) is 10.7. The van der Waals surface area contributed by atoms with Gasteiger partial charge in [0.1, 0.15) is 0 Å². The maximum absolute atomic E-state index is 6.43. The van der Waals surface area contributed by atoms with E-state index in [9.17, 15) is 0 Å². The molecule has 1 aromatic heterocycles. The standard InChI is InChI=1S/C13H19ClS/c1-2-10-3-4-13(14)12(7-10)8-11-5-6-15-9-11/h5-6,9-10,12-13H,2-4,7-8H2,1H3. The monoisotopic (exact) mass is 242 g/mol. The van der Waals surface area contributed by atoms with Gasteiger partial charge in [-0.3, -0.25) is 0 Å². The van der Waals surface area contributed by atoms with Crippen molar-refractivity contribution in [2.45, 2.75) is 44.4 Å². The average molecular weight is 243 g/mol. The summed E-state index contributed by atoms with van der Waals surface area (Å²) in [7, 11) is 0. The van der Waals surface area contributed by atoms with Gasteiger partial charge in [0.2, 0.25) is 0 Å². The van der Waals surface area contributed by atoms with Crippen LogP contribution in [0.2, 0.25) is 0 Å². The maximum atomic E-state index is 6.43. The first-order valence-corrected chi connectivity index (χ1v) is 7.32. The topological polar surface area (TPSA) is 0 Å². The molecule has 3 unspecified atom stereocenters. The van der Waals surface area contributed by atoms with E-state index in [1.54, 1.807) is 11.3 Å². The molecule has 0 radical (unpaired) electrons. The second-order valence-electron chi connectivity index (χ2n) is 4.70. The third-order valence-corrected chi connectivity index (χ3v) is 4.96. The van der Waals surface area contributed by atoms with E-state index < -0.39 is 0 Å². The van der Waals surface area contributed by atoms with Gasteiger partial charge in [0, 0.05) is 5.38 Å². The van der Waals surface area contributed by atoms with Gasteiger partial charge >= 0.3 is 0 Å². The highest BCUT2D eigenvalue weighted by atomic mass is 35.5. The molecule has 1 heterocycles. The fraction of sp³-hybridized carbons (Fsp3) is 0.692. The number of thiophene rings is 1. The summed E-state index contributed by atoms with van der Waals surface area (Å²) in [6.07, 6.45) is 6.40. The summed E-state index contributed by atoms with van der Waals surface area (Å²) in [6.45, 7) is 2.31. The minimum absolute atomic E-state index is 0.410. The number of hydrogen-bond acceptors (Lipinski definition) is 1. The molecular formula is C13H19ClS. The van der Waals surface area contributed by atoms with Crippen molar-refractivity contribution >= 4 is 22.9 Å². The molecule has 0 aliphatic heterocycles. The van der Waals surface area contributed by atoms with Crippen molar-refractivity contribution < 1.29 is 0 Å². The Morgan fingerprint density at radius 3 is 3.00 bits per heavy atom. The number of rotatable bonds is 3. The summed E-state index contributed by atoms with van der Waals surface area (Å²) in [6, 6.07) is 2.24. The fourth-order valence-corrected chi connectivity index (χ4v) is 3.62. The van der Waals surface area contributed by atoms with E-state index in [2.05, 4.69) is 23.8 Å². The van der Waals surface area contributed by atoms with Gasteiger partial charge in [-0.25, -0.2) is 0 Å². The molecule has 0 saturated heterocycles. The normalized spacial score (nSPS) is 31.7. The van der Waals surface area contributed by atoms with Gasteiger partial charge in [0.05, 0.1) is 0 Å². The van der Waals surface area contributed by atoms with Crippen molar-refractivity contribution in [3.05, 3.63) is 22.4 Å². The predicted molar refractivity (Wildman–Crippen MR) is 68.8 cm³/mol. The molecule has 84 valence electrons. The van der Waals surface area contributed by atoms with Crippen LogP contribution in [0.1, 0.15) is 38.2 Å². The van der Waals surface area contributed by atoms with E-state index in [1.807, 2.05) is 0 Å². The van der Waals surface area contributed by atoms with Crippen LogP contribution in [0, 0.1) is 11.8 Å². The van der Waals surface area contributed by atoms with E-state index in [1.165, 1.54) is 37.7 Å². The Morgan fingerprint density at radius 2 is 2.33 bits per heavy atom. The lowest BCUT2D eigenvalue weighted by atomic mass is 9.77. The molecule has 3 atom stereocenters. The Balaban J connectivity index is 1.94. The molecule has 1 aromatic rings. The second-order valence-corrected chi connectivity index (χ2v) is 6.04. The lowest BCUT2D eigenvalue weighted by Gasteiger charge is -2.32. The van der Waals surface area contributed by atoms with Gasteiger partial charge in [0.15, 0.2) is 0 Å². The minimum atomic E-state index is 0.410. The molecule has 0 amide bonds. The van der Waals surface area contributed by atoms with Gasteiger partial charge in [-0.1, -0.05) is 13.3 Å². The third-order valence-electron chi connectivity index (χ3n) is 3.65. The molecule has 0 spiro atoms. The summed E-state index contributed by atoms with van der Waals surface area (Å²) < 4.78 is 0. The van der Waals surface area contributed by atoms with Crippen molar-refractivity contribution in [3.63, 3.8) is 0 Å². The molecule has 0 nitrogen and oxygen atoms in total. The lowest BCUT2D eigenvalue weighted by Crippen LogP contribution is -2.26. The summed E-state index contributed by atoms with van der Waals surface area (Å²) in [5.41, 5.74) is 1.48. The summed E-state index contributed by atoms with van der Waals surface area (Å²) in [5.74, 6) is 1.63. The highest BCUT2D eigenvalue weighted by Gasteiger charge is 2.28. The molecule has 1 aliphatic rings. The Bertz CT molecular complexity index is 281. The SMILES string of the molecule is CCC1CCC(Cl)C(Cc2ccsc2)C1. The molecule has 1 fully saturated rings. The van der Waals surface area contributed by atoms with Gasteiger partial charge in [-0.05, 0) is 59.9 Å². The van der Waals surface area contributed by atoms with Crippen LogP contribution < -0.4 is 0 Å². The smallest absolute Gasteiger partial charge is 0.0367 e. The van der Waals surface area contributed by atoms with E-state index in [0.717, 1.165) is 5.92 Å². The van der Waals surface area contributed by atoms with Gasteiger partial charge in [0.25, 0.3) is 0 Å². The van der Waals surface area contributed by atoms with Gasteiger partial charge in [-0.15, -0.1) is 11.6 Å². The summed E-state index contributed by atoms with van der Waals surface area (Å²) in [5, 5.41) is 4.84. The Labute approximate surface area is 102 Å². The van der Waals surface area contributed by atoms with Crippen molar-refractivity contribution in [1.29, 1.82) is 0 Å². The first kappa shape index (κ1) is 11.5. The first-order chi connectivity index (χ1) is 7.29. The molecule has 0 bridgehead atoms. The van der Waals surface area contributed by atoms with Crippen LogP contribution in [-0.2, 0) is 6.42 Å². The van der Waals surface area contributed by atoms with Gasteiger partial charge < -0.3 is 0 Å². The summed E-state index contributed by atoms with van der Waals surface area (Å²) in [4.78, 5) is 0. The highest BCUT2D eigenvalue weighted by molar-refractivity contribution is 7.07. The van der Waals surface area contributed by atoms with Crippen LogP contribution in [0.5, 0.6) is 0 Å². The number of halogens is 1. The van der Waals surface area contributed by atoms with Crippen molar-refractivity contribution in [2.75, 3.05) is 0 Å². The van der Waals surface area contributed by atoms with E-state index in [-0.39, 0.29) is 0 Å². The van der Waals surface area contributed by atoms with Gasteiger partial charge in [-0.2, -0.15) is 11.3 Å². The Morgan fingerprint density at radius 1 is 1.47 bits per heavy atom. The van der Waals surface area contributed by atoms with E-state index in [0.29, 0.717) is 11.3 Å². The third kappa shape index (κ3) is 2.98. The van der Waals surface area contributed by atoms with Crippen LogP contribution in [-0.4, -0.2) is 5.38 Å². The molecule has 0 N–H and O–H groups in total. The molecule has 2 heteroatoms. The second kappa shape index (κ2) is 5.36. The van der Waals surface area contributed by atoms with Crippen LogP contribution in [0.3, 0.4) is 0 Å². The molecule has 1 saturated carbocycles. The zero-order valence-corrected chi connectivity index (χ0v) is 10.9. The first-order valence-electron chi connectivity index (χ1n) is 5.94. The van der Waals surface area contributed by atoms with Crippen LogP contribution in [0.25, 0.3) is 0 Å². The van der Waals surface area contributed by atoms with Crippen LogP contribution in [0.15, 0.2) is 16.8 Å². The lowest BCUT2D eigenvalue weighted by molar-refractivity contribution is 0.265. The Hall–Kier alpha value is -0.0100. The van der Waals surface area contributed by atoms with Crippen LogP contribution in [0.4, 0.5) is 0 Å². The van der Waals surface area contributed by atoms with Crippen LogP contribution >= 0.6 is 22.9 Å². The number of alkyl halides is 1. The Kier molecular flexibility index (Phi) is 4.10. The zero-order valence-electron chi connectivity index (χ0n) is 9.29. The summed E-state index contributed by atoms with van der Waals surface area (Å²) >= 11 is 8.22. The average Bonchev–Trinajstić information content (AvgIpc) is 2.74. The maximum Gasteiger partial charge on any atom is 0.0367 e. The molecule has 2 rings (SSSR count). The molecule has 0 aromatic carbocycles. The van der Waals surface area contributed by atoms with E-state index in [4.69, 9.17) is 11.6 Å². The van der Waals surface area contributed by atoms with Crippen molar-refractivity contribution in [1.82, 2.24) is 0 Å². The van der Waals surface area contributed by atoms with E-state index >= 15 is 0 Å². The van der Waals surface area contributed by atoms with Crippen molar-refractivity contribution in [3.8, 4) is 0 Å². The number of hydrogen-bond donors (Lipinski definition) is 0. The molecular weight excluding hydrogens is 224 g/mol. The largest absolute Gasteiger partial charge is 0.152 e. The quantitative estimate of drug-likeness (QED) is 0.673. The fourth-order valence-electron chi connectivity index (χ4n) is 2.62. The minimum Gasteiger partial charge on any atom is -0.152 e. The predicted octanol–water partition coefficient (Wildman–Crippen LogP) is 4.72. The molecule has 15 heavy (non-hydrogen) atoms. The highest BCUT2D eigenvalue weighted by Crippen LogP contribution is 2.36.